The van der Waals surface area contributed by atoms with Gasteiger partial charge >= 0.3 is 0 Å². The molecule has 7 nitrogen and oxygen atoms in total. The summed E-state index contributed by atoms with van der Waals surface area (Å²) in [5.74, 6) is 0.390. The van der Waals surface area contributed by atoms with Crippen molar-refractivity contribution in [3.05, 3.63) is 103 Å². The van der Waals surface area contributed by atoms with Crippen molar-refractivity contribution >= 4 is 42.4 Å². The number of thiazole rings is 1. The molecule has 9 heteroatoms. The van der Waals surface area contributed by atoms with Crippen molar-refractivity contribution in [1.29, 1.82) is 0 Å². The van der Waals surface area contributed by atoms with Crippen LogP contribution < -0.4 is 10.1 Å². The van der Waals surface area contributed by atoms with E-state index in [1.54, 1.807) is 24.3 Å². The molecule has 0 unspecified atom stereocenters. The number of carbonyl (C=O) groups is 1. The van der Waals surface area contributed by atoms with E-state index in [-0.39, 0.29) is 22.0 Å². The highest BCUT2D eigenvalue weighted by molar-refractivity contribution is 7.90. The first-order valence-corrected chi connectivity index (χ1v) is 12.7. The number of hydrogen-bond acceptors (Lipinski definition) is 7. The molecule has 5 aromatic rings. The molecule has 0 bridgehead atoms. The van der Waals surface area contributed by atoms with Gasteiger partial charge in [0, 0.05) is 11.6 Å². The summed E-state index contributed by atoms with van der Waals surface area (Å²) in [7, 11) is -3.63. The van der Waals surface area contributed by atoms with Gasteiger partial charge in [0.25, 0.3) is 5.91 Å². The molecule has 0 aliphatic carbocycles. The Bertz CT molecular complexity index is 1560. The van der Waals surface area contributed by atoms with Crippen molar-refractivity contribution in [1.82, 2.24) is 4.98 Å². The van der Waals surface area contributed by atoms with Gasteiger partial charge < -0.3 is 9.15 Å². The number of fused-ring (bicyclic) bond motifs is 1. The smallest absolute Gasteiger partial charge is 0.293 e. The van der Waals surface area contributed by atoms with Gasteiger partial charge in [-0.1, -0.05) is 47.7 Å². The summed E-state index contributed by atoms with van der Waals surface area (Å²) in [4.78, 5) is 17.5. The fourth-order valence-electron chi connectivity index (χ4n) is 3.36. The van der Waals surface area contributed by atoms with Gasteiger partial charge in [0.15, 0.2) is 20.7 Å². The molecule has 0 saturated carbocycles. The highest BCUT2D eigenvalue weighted by Crippen LogP contribution is 2.32. The zero-order valence-electron chi connectivity index (χ0n) is 17.7. The maximum absolute atomic E-state index is 12.8. The first-order valence-electron chi connectivity index (χ1n) is 10.3. The number of aromatic nitrogens is 1. The van der Waals surface area contributed by atoms with E-state index in [9.17, 15) is 13.2 Å². The number of anilines is 1. The lowest BCUT2D eigenvalue weighted by molar-refractivity contribution is 0.0996. The summed E-state index contributed by atoms with van der Waals surface area (Å²) in [5, 5.41) is 3.07. The Morgan fingerprint density at radius 3 is 2.44 bits per heavy atom. The van der Waals surface area contributed by atoms with Gasteiger partial charge in [-0.25, -0.2) is 13.4 Å². The minimum atomic E-state index is -3.63. The number of sulfone groups is 1. The number of amides is 1. The predicted octanol–water partition coefficient (Wildman–Crippen LogP) is 5.91. The van der Waals surface area contributed by atoms with Gasteiger partial charge in [-0.2, -0.15) is 0 Å². The molecule has 1 amide bonds. The first kappa shape index (κ1) is 21.9. The molecule has 1 N–H and O–H groups in total. The van der Waals surface area contributed by atoms with Crippen molar-refractivity contribution in [3.63, 3.8) is 0 Å². The van der Waals surface area contributed by atoms with Crippen LogP contribution in [0.3, 0.4) is 0 Å². The lowest BCUT2D eigenvalue weighted by Crippen LogP contribution is -2.14. The quantitative estimate of drug-likeness (QED) is 0.305. The Labute approximate surface area is 199 Å². The third-order valence-electron chi connectivity index (χ3n) is 4.96. The second-order valence-electron chi connectivity index (χ2n) is 7.36. The monoisotopic (exact) mass is 490 g/mol. The minimum absolute atomic E-state index is 0.0631. The van der Waals surface area contributed by atoms with Gasteiger partial charge in [0.05, 0.1) is 27.1 Å². The molecule has 2 aromatic heterocycles. The zero-order chi connectivity index (χ0) is 23.5. The largest absolute Gasteiger partial charge is 0.459 e. The number of para-hydroxylation sites is 1. The van der Waals surface area contributed by atoms with Crippen LogP contribution in [0.5, 0.6) is 11.5 Å². The molecule has 0 aliphatic heterocycles. The molecule has 0 aliphatic rings. The molecule has 0 radical (unpaired) electrons. The molecule has 34 heavy (non-hydrogen) atoms. The van der Waals surface area contributed by atoms with Crippen LogP contribution in [0.2, 0.25) is 0 Å². The second-order valence-corrected chi connectivity index (χ2v) is 10.4. The van der Waals surface area contributed by atoms with Crippen LogP contribution in [0.25, 0.3) is 10.2 Å². The van der Waals surface area contributed by atoms with Crippen LogP contribution in [0.15, 0.2) is 101 Å². The van der Waals surface area contributed by atoms with Crippen molar-refractivity contribution in [2.24, 2.45) is 0 Å². The van der Waals surface area contributed by atoms with E-state index in [1.807, 2.05) is 42.5 Å². The third-order valence-corrected chi connectivity index (χ3v) is 7.58. The van der Waals surface area contributed by atoms with E-state index in [0.29, 0.717) is 16.4 Å². The molecular formula is C25H18N2O5S2. The summed E-state index contributed by atoms with van der Waals surface area (Å²) in [5.41, 5.74) is 0.980. The van der Waals surface area contributed by atoms with E-state index in [0.717, 1.165) is 10.4 Å². The number of benzene rings is 3. The normalized spacial score (nSPS) is 11.4. The summed E-state index contributed by atoms with van der Waals surface area (Å²) in [6.45, 7) is 0. The van der Waals surface area contributed by atoms with Crippen LogP contribution in [0.1, 0.15) is 16.1 Å². The van der Waals surface area contributed by atoms with Crippen LogP contribution in [0, 0.1) is 0 Å². The summed E-state index contributed by atoms with van der Waals surface area (Å²) in [6, 6.07) is 24.5. The number of rotatable bonds is 7. The van der Waals surface area contributed by atoms with Crippen LogP contribution in [-0.2, 0) is 15.6 Å². The van der Waals surface area contributed by atoms with E-state index in [4.69, 9.17) is 9.15 Å². The molecule has 0 saturated heterocycles. The average Bonchev–Trinajstić information content (AvgIpc) is 3.46. The maximum atomic E-state index is 12.8. The Morgan fingerprint density at radius 1 is 0.941 bits per heavy atom. The fourth-order valence-corrected chi connectivity index (χ4v) is 5.63. The third kappa shape index (κ3) is 4.70. The SMILES string of the molecule is O=C(Nc1nc2ccc(Oc3ccccc3)cc2s1)c1occc1CS(=O)(=O)c1ccccc1. The van der Waals surface area contributed by atoms with Gasteiger partial charge in [-0.3, -0.25) is 10.1 Å². The molecule has 5 rings (SSSR count). The lowest BCUT2D eigenvalue weighted by Gasteiger charge is -2.05. The van der Waals surface area contributed by atoms with Gasteiger partial charge in [-0.15, -0.1) is 0 Å². The number of nitrogens with one attached hydrogen (secondary N) is 1. The van der Waals surface area contributed by atoms with Crippen molar-refractivity contribution < 1.29 is 22.4 Å². The summed E-state index contributed by atoms with van der Waals surface area (Å²) in [6.07, 6.45) is 1.30. The second kappa shape index (κ2) is 9.12. The fraction of sp³-hybridized carbons (Fsp3) is 0.0400. The Hall–Kier alpha value is -3.95. The molecule has 170 valence electrons. The van der Waals surface area contributed by atoms with Crippen molar-refractivity contribution in [3.8, 4) is 11.5 Å². The van der Waals surface area contributed by atoms with Crippen LogP contribution in [-0.4, -0.2) is 19.3 Å². The predicted molar refractivity (Wildman–Crippen MR) is 130 cm³/mol. The van der Waals surface area contributed by atoms with Crippen LogP contribution >= 0.6 is 11.3 Å². The van der Waals surface area contributed by atoms with E-state index < -0.39 is 15.7 Å². The standard InChI is InChI=1S/C25H18N2O5S2/c28-24(23-17(13-14-31-23)16-34(29,30)20-9-5-2-6-10-20)27-25-26-21-12-11-19(15-22(21)33-25)32-18-7-3-1-4-8-18/h1-15H,16H2,(H,26,27,28). The Kier molecular flexibility index (Phi) is 5.87. The minimum Gasteiger partial charge on any atom is -0.459 e. The number of nitrogens with zero attached hydrogens (tertiary/aromatic N) is 1. The van der Waals surface area contributed by atoms with E-state index in [2.05, 4.69) is 10.3 Å². The summed E-state index contributed by atoms with van der Waals surface area (Å²) < 4.78 is 37.4. The molecule has 3 aromatic carbocycles. The maximum Gasteiger partial charge on any atom is 0.293 e. The highest BCUT2D eigenvalue weighted by atomic mass is 32.2. The highest BCUT2D eigenvalue weighted by Gasteiger charge is 2.23. The van der Waals surface area contributed by atoms with E-state index in [1.165, 1.54) is 35.8 Å². The Balaban J connectivity index is 1.33. The molecule has 0 atom stereocenters. The number of hydrogen-bond donors (Lipinski definition) is 1. The topological polar surface area (TPSA) is 98.5 Å². The number of furan rings is 1. The number of ether oxygens (including phenoxy) is 1. The summed E-state index contributed by atoms with van der Waals surface area (Å²) >= 11 is 1.28. The molecule has 0 spiro atoms. The number of carbonyl (C=O) groups excluding carboxylic acids is 1. The van der Waals surface area contributed by atoms with Crippen molar-refractivity contribution in [2.45, 2.75) is 10.6 Å². The molecular weight excluding hydrogens is 472 g/mol. The van der Waals surface area contributed by atoms with Crippen molar-refractivity contribution in [2.75, 3.05) is 5.32 Å². The molecule has 0 fully saturated rings. The van der Waals surface area contributed by atoms with E-state index >= 15 is 0 Å². The van der Waals surface area contributed by atoms with Gasteiger partial charge in [0.1, 0.15) is 11.5 Å². The lowest BCUT2D eigenvalue weighted by atomic mass is 10.3. The average molecular weight is 491 g/mol. The molecule has 2 heterocycles. The Morgan fingerprint density at radius 2 is 1.68 bits per heavy atom. The van der Waals surface area contributed by atoms with Crippen LogP contribution in [0.4, 0.5) is 5.13 Å². The van der Waals surface area contributed by atoms with Gasteiger partial charge in [-0.05, 0) is 42.5 Å². The van der Waals surface area contributed by atoms with Gasteiger partial charge in [0.2, 0.25) is 0 Å². The first-order chi connectivity index (χ1) is 16.5. The zero-order valence-corrected chi connectivity index (χ0v) is 19.3.